The van der Waals surface area contributed by atoms with Crippen LogP contribution in [0.5, 0.6) is 0 Å². The molecule has 1 amide bonds. The fourth-order valence-corrected chi connectivity index (χ4v) is 4.40. The lowest BCUT2D eigenvalue weighted by Gasteiger charge is -2.05. The minimum Gasteiger partial charge on any atom is -0.321 e. The van der Waals surface area contributed by atoms with Gasteiger partial charge in [-0.3, -0.25) is 9.52 Å². The standard InChI is InChI=1S/C18H15F2N3O3S2/c1-10-3-6-13(7-4-10)28(25,26)23-18-21-11(2)16(27-18)17(24)22-12-5-8-14(19)15(20)9-12/h3-9H,1-2H3,(H,21,23)(H,22,24). The van der Waals surface area contributed by atoms with Crippen LogP contribution in [0.4, 0.5) is 19.6 Å². The first kappa shape index (κ1) is 19.9. The maximum absolute atomic E-state index is 13.3. The molecule has 10 heteroatoms. The number of hydrogen-bond donors (Lipinski definition) is 2. The molecule has 0 bridgehead atoms. The summed E-state index contributed by atoms with van der Waals surface area (Å²) in [5.41, 5.74) is 1.28. The largest absolute Gasteiger partial charge is 0.321 e. The summed E-state index contributed by atoms with van der Waals surface area (Å²) in [6.07, 6.45) is 0. The lowest BCUT2D eigenvalue weighted by Crippen LogP contribution is -2.12. The highest BCUT2D eigenvalue weighted by atomic mass is 32.2. The molecule has 0 fully saturated rings. The van der Waals surface area contributed by atoms with Gasteiger partial charge in [-0.15, -0.1) is 0 Å². The second kappa shape index (κ2) is 7.64. The Morgan fingerprint density at radius 2 is 1.71 bits per heavy atom. The second-order valence-electron chi connectivity index (χ2n) is 5.94. The Morgan fingerprint density at radius 1 is 1.04 bits per heavy atom. The molecule has 0 radical (unpaired) electrons. The molecule has 0 spiro atoms. The van der Waals surface area contributed by atoms with E-state index in [0.29, 0.717) is 5.69 Å². The Hall–Kier alpha value is -2.85. The van der Waals surface area contributed by atoms with Crippen LogP contribution >= 0.6 is 11.3 Å². The van der Waals surface area contributed by atoms with E-state index in [-0.39, 0.29) is 20.6 Å². The van der Waals surface area contributed by atoms with Gasteiger partial charge in [0.25, 0.3) is 15.9 Å². The van der Waals surface area contributed by atoms with E-state index >= 15 is 0 Å². The number of hydrogen-bond acceptors (Lipinski definition) is 5. The summed E-state index contributed by atoms with van der Waals surface area (Å²) in [4.78, 5) is 16.7. The fourth-order valence-electron chi connectivity index (χ4n) is 2.30. The molecule has 1 heterocycles. The van der Waals surface area contributed by atoms with E-state index in [0.717, 1.165) is 29.0 Å². The zero-order valence-corrected chi connectivity index (χ0v) is 16.4. The van der Waals surface area contributed by atoms with Gasteiger partial charge >= 0.3 is 0 Å². The van der Waals surface area contributed by atoms with Gasteiger partial charge in [-0.1, -0.05) is 29.0 Å². The number of aryl methyl sites for hydroxylation is 2. The Balaban J connectivity index is 1.79. The minimum atomic E-state index is -3.85. The number of amides is 1. The number of aromatic nitrogens is 1. The van der Waals surface area contributed by atoms with Crippen LogP contribution in [0.1, 0.15) is 20.9 Å². The number of rotatable bonds is 5. The van der Waals surface area contributed by atoms with Crippen molar-refractivity contribution in [1.82, 2.24) is 4.98 Å². The molecule has 146 valence electrons. The zero-order chi connectivity index (χ0) is 20.5. The highest BCUT2D eigenvalue weighted by molar-refractivity contribution is 7.93. The molecule has 0 unspecified atom stereocenters. The molecule has 3 rings (SSSR count). The number of carbonyl (C=O) groups is 1. The first-order valence-electron chi connectivity index (χ1n) is 7.99. The molecular formula is C18H15F2N3O3S2. The van der Waals surface area contributed by atoms with E-state index in [4.69, 9.17) is 0 Å². The Morgan fingerprint density at radius 3 is 2.36 bits per heavy atom. The monoisotopic (exact) mass is 423 g/mol. The molecule has 3 aromatic rings. The maximum atomic E-state index is 13.3. The summed E-state index contributed by atoms with van der Waals surface area (Å²) in [6.45, 7) is 3.38. The van der Waals surface area contributed by atoms with Gasteiger partial charge in [0.05, 0.1) is 10.6 Å². The molecule has 1 aromatic heterocycles. The van der Waals surface area contributed by atoms with Gasteiger partial charge in [0.15, 0.2) is 16.8 Å². The molecule has 2 aromatic carbocycles. The van der Waals surface area contributed by atoms with Crippen molar-refractivity contribution in [2.75, 3.05) is 10.0 Å². The number of sulfonamides is 1. The summed E-state index contributed by atoms with van der Waals surface area (Å²) < 4.78 is 53.5. The molecule has 2 N–H and O–H groups in total. The quantitative estimate of drug-likeness (QED) is 0.647. The Kier molecular flexibility index (Phi) is 5.43. The van der Waals surface area contributed by atoms with Crippen LogP contribution in [0.2, 0.25) is 0 Å². The van der Waals surface area contributed by atoms with Crippen molar-refractivity contribution >= 4 is 38.1 Å². The molecular weight excluding hydrogens is 408 g/mol. The normalized spacial score (nSPS) is 11.3. The fraction of sp³-hybridized carbons (Fsp3) is 0.111. The first-order valence-corrected chi connectivity index (χ1v) is 10.3. The van der Waals surface area contributed by atoms with Gasteiger partial charge in [-0.2, -0.15) is 0 Å². The van der Waals surface area contributed by atoms with E-state index in [1.165, 1.54) is 18.2 Å². The van der Waals surface area contributed by atoms with Crippen LogP contribution in [-0.2, 0) is 10.0 Å². The van der Waals surface area contributed by atoms with Crippen molar-refractivity contribution in [3.8, 4) is 0 Å². The van der Waals surface area contributed by atoms with Gasteiger partial charge in [-0.25, -0.2) is 22.2 Å². The van der Waals surface area contributed by atoms with Crippen molar-refractivity contribution in [2.45, 2.75) is 18.7 Å². The van der Waals surface area contributed by atoms with Gasteiger partial charge < -0.3 is 5.32 Å². The molecule has 0 saturated heterocycles. The van der Waals surface area contributed by atoms with Crippen LogP contribution in [-0.4, -0.2) is 19.3 Å². The second-order valence-corrected chi connectivity index (χ2v) is 8.62. The van der Waals surface area contributed by atoms with Crippen LogP contribution in [0.15, 0.2) is 47.4 Å². The third-order valence-electron chi connectivity index (χ3n) is 3.73. The van der Waals surface area contributed by atoms with Crippen molar-refractivity contribution in [3.05, 3.63) is 70.2 Å². The summed E-state index contributed by atoms with van der Waals surface area (Å²) in [5, 5.41) is 2.45. The average molecular weight is 423 g/mol. The summed E-state index contributed by atoms with van der Waals surface area (Å²) in [6, 6.07) is 9.23. The zero-order valence-electron chi connectivity index (χ0n) is 14.8. The smallest absolute Gasteiger partial charge is 0.267 e. The average Bonchev–Trinajstić information content (AvgIpc) is 2.98. The SMILES string of the molecule is Cc1ccc(S(=O)(=O)Nc2nc(C)c(C(=O)Nc3ccc(F)c(F)c3)s2)cc1. The number of carbonyl (C=O) groups excluding carboxylic acids is 1. The molecule has 0 saturated carbocycles. The molecule has 0 aliphatic heterocycles. The molecule has 28 heavy (non-hydrogen) atoms. The molecule has 6 nitrogen and oxygen atoms in total. The van der Waals surface area contributed by atoms with E-state index in [9.17, 15) is 22.0 Å². The van der Waals surface area contributed by atoms with Gasteiger partial charge in [0.2, 0.25) is 0 Å². The minimum absolute atomic E-state index is 0.0218. The predicted octanol–water partition coefficient (Wildman–Crippen LogP) is 4.09. The Bertz CT molecular complexity index is 1140. The summed E-state index contributed by atoms with van der Waals surface area (Å²) in [7, 11) is -3.85. The van der Waals surface area contributed by atoms with Crippen LogP contribution in [0.3, 0.4) is 0 Å². The van der Waals surface area contributed by atoms with Crippen LogP contribution in [0.25, 0.3) is 0 Å². The number of anilines is 2. The Labute approximate surface area is 164 Å². The number of halogens is 2. The maximum Gasteiger partial charge on any atom is 0.267 e. The van der Waals surface area contributed by atoms with E-state index in [2.05, 4.69) is 15.0 Å². The highest BCUT2D eigenvalue weighted by Gasteiger charge is 2.20. The van der Waals surface area contributed by atoms with Gasteiger partial charge in [0.1, 0.15) is 4.88 Å². The first-order chi connectivity index (χ1) is 13.2. The molecule has 0 atom stereocenters. The van der Waals surface area contributed by atoms with Crippen molar-refractivity contribution < 1.29 is 22.0 Å². The van der Waals surface area contributed by atoms with Gasteiger partial charge in [0, 0.05) is 11.8 Å². The third-order valence-corrected chi connectivity index (χ3v) is 6.29. The van der Waals surface area contributed by atoms with E-state index in [1.807, 2.05) is 6.92 Å². The lowest BCUT2D eigenvalue weighted by molar-refractivity contribution is 0.102. The van der Waals surface area contributed by atoms with E-state index in [1.54, 1.807) is 19.1 Å². The van der Waals surface area contributed by atoms with Gasteiger partial charge in [-0.05, 0) is 38.1 Å². The number of nitrogens with zero attached hydrogens (tertiary/aromatic N) is 1. The summed E-state index contributed by atoms with van der Waals surface area (Å²) in [5.74, 6) is -2.73. The lowest BCUT2D eigenvalue weighted by atomic mass is 10.2. The number of thiazole rings is 1. The van der Waals surface area contributed by atoms with Crippen LogP contribution in [0, 0.1) is 25.5 Å². The van der Waals surface area contributed by atoms with Crippen molar-refractivity contribution in [1.29, 1.82) is 0 Å². The highest BCUT2D eigenvalue weighted by Crippen LogP contribution is 2.26. The van der Waals surface area contributed by atoms with Crippen molar-refractivity contribution in [2.24, 2.45) is 0 Å². The molecule has 0 aliphatic carbocycles. The summed E-state index contributed by atoms with van der Waals surface area (Å²) >= 11 is 0.838. The van der Waals surface area contributed by atoms with Crippen LogP contribution < -0.4 is 10.0 Å². The topological polar surface area (TPSA) is 88.2 Å². The number of benzene rings is 2. The molecule has 0 aliphatic rings. The third kappa shape index (κ3) is 4.34. The van der Waals surface area contributed by atoms with E-state index < -0.39 is 27.6 Å². The predicted molar refractivity (Wildman–Crippen MR) is 103 cm³/mol. The van der Waals surface area contributed by atoms with Crippen molar-refractivity contribution in [3.63, 3.8) is 0 Å². The number of nitrogens with one attached hydrogen (secondary N) is 2.